The predicted octanol–water partition coefficient (Wildman–Crippen LogP) is 2.78. The van der Waals surface area contributed by atoms with Crippen molar-refractivity contribution < 1.29 is 0 Å². The largest absolute Gasteiger partial charge is 0.297 e. The Hall–Kier alpha value is -1.78. The minimum Gasteiger partial charge on any atom is -0.297 e. The van der Waals surface area contributed by atoms with Crippen LogP contribution in [0.15, 0.2) is 44.3 Å². The summed E-state index contributed by atoms with van der Waals surface area (Å²) in [5.74, 6) is 0. The Morgan fingerprint density at radius 1 is 1.50 bits per heavy atom. The second-order valence-electron chi connectivity index (χ2n) is 4.48. The van der Waals surface area contributed by atoms with Gasteiger partial charge in [-0.3, -0.25) is 10.0 Å². The molecule has 0 aromatic carbocycles. The van der Waals surface area contributed by atoms with Gasteiger partial charge in [0.05, 0.1) is 12.6 Å². The van der Waals surface area contributed by atoms with E-state index >= 15 is 0 Å². The van der Waals surface area contributed by atoms with Gasteiger partial charge in [0, 0.05) is 25.9 Å². The number of aliphatic imine (C=N–C) groups is 1. The molecule has 0 N–H and O–H groups in total. The van der Waals surface area contributed by atoms with E-state index < -0.39 is 0 Å². The molecule has 0 amide bonds. The molecule has 1 atom stereocenters. The van der Waals surface area contributed by atoms with Gasteiger partial charge in [0.1, 0.15) is 0 Å². The molecule has 1 heterocycles. The number of hydrogen-bond acceptors (Lipinski definition) is 3. The van der Waals surface area contributed by atoms with E-state index in [1.54, 1.807) is 0 Å². The monoisotopic (exact) mass is 245 g/mol. The molecule has 5 heteroatoms. The van der Waals surface area contributed by atoms with Crippen molar-refractivity contribution >= 4 is 12.9 Å². The topological polar surface area (TPSA) is 52.7 Å². The smallest absolute Gasteiger partial charge is 0.0594 e. The second kappa shape index (κ2) is 6.83. The van der Waals surface area contributed by atoms with E-state index in [1.807, 2.05) is 11.2 Å². The molecule has 18 heavy (non-hydrogen) atoms. The van der Waals surface area contributed by atoms with Gasteiger partial charge in [0.25, 0.3) is 0 Å². The summed E-state index contributed by atoms with van der Waals surface area (Å²) in [4.78, 5) is 4.25. The van der Waals surface area contributed by atoms with Crippen molar-refractivity contribution in [3.05, 3.63) is 23.8 Å². The molecule has 0 aromatic rings. The third-order valence-corrected chi connectivity index (χ3v) is 3.20. The van der Waals surface area contributed by atoms with Crippen LogP contribution in [0.2, 0.25) is 0 Å². The standard InChI is InChI=1S/C13H19N5/c1-14-16-17-18(13-7-9-15-10-8-13)11-12-5-3-2-4-6-12/h2-3,5,9,13H,1,4,6-8,10-11H2/b17-16-. The van der Waals surface area contributed by atoms with Gasteiger partial charge in [0.15, 0.2) is 0 Å². The summed E-state index contributed by atoms with van der Waals surface area (Å²) >= 11 is 0. The number of nitrogens with zero attached hydrogens (tertiary/aromatic N) is 5. The lowest BCUT2D eigenvalue weighted by Crippen LogP contribution is -2.34. The lowest BCUT2D eigenvalue weighted by Gasteiger charge is -2.29. The zero-order chi connectivity index (χ0) is 12.6. The molecule has 0 fully saturated rings. The Labute approximate surface area is 108 Å². The van der Waals surface area contributed by atoms with E-state index in [2.05, 4.69) is 45.5 Å². The zero-order valence-corrected chi connectivity index (χ0v) is 10.6. The molecule has 5 nitrogen and oxygen atoms in total. The Bertz CT molecular complexity index is 394. The molecule has 96 valence electrons. The second-order valence-corrected chi connectivity index (χ2v) is 4.48. The summed E-state index contributed by atoms with van der Waals surface area (Å²) in [5.41, 5.74) is 1.39. The Balaban J connectivity index is 2.01. The van der Waals surface area contributed by atoms with Crippen LogP contribution in [0.5, 0.6) is 0 Å². The summed E-state index contributed by atoms with van der Waals surface area (Å²) in [6.07, 6.45) is 12.6. The van der Waals surface area contributed by atoms with Crippen LogP contribution in [-0.2, 0) is 0 Å². The van der Waals surface area contributed by atoms with Gasteiger partial charge in [-0.25, -0.2) is 0 Å². The molecule has 0 saturated heterocycles. The van der Waals surface area contributed by atoms with Crippen molar-refractivity contribution in [2.45, 2.75) is 31.7 Å². The van der Waals surface area contributed by atoms with Crippen molar-refractivity contribution in [3.8, 4) is 0 Å². The van der Waals surface area contributed by atoms with Crippen molar-refractivity contribution in [1.82, 2.24) is 5.01 Å². The van der Waals surface area contributed by atoms with Crippen LogP contribution < -0.4 is 0 Å². The molecular weight excluding hydrogens is 226 g/mol. The molecule has 0 radical (unpaired) electrons. The third kappa shape index (κ3) is 3.61. The maximum absolute atomic E-state index is 4.25. The fourth-order valence-electron chi connectivity index (χ4n) is 2.21. The molecule has 0 aromatic heterocycles. The van der Waals surface area contributed by atoms with Gasteiger partial charge in [-0.1, -0.05) is 23.5 Å². The number of allylic oxidation sites excluding steroid dienone is 3. The Morgan fingerprint density at radius 3 is 3.11 bits per heavy atom. The van der Waals surface area contributed by atoms with E-state index in [-0.39, 0.29) is 0 Å². The quantitative estimate of drug-likeness (QED) is 0.417. The molecule has 0 bridgehead atoms. The van der Waals surface area contributed by atoms with Crippen LogP contribution in [0, 0.1) is 0 Å². The minimum absolute atomic E-state index is 0.375. The fraction of sp³-hybridized carbons (Fsp3) is 0.538. The first-order valence-corrected chi connectivity index (χ1v) is 6.36. The highest BCUT2D eigenvalue weighted by molar-refractivity contribution is 5.59. The van der Waals surface area contributed by atoms with Crippen LogP contribution in [0.25, 0.3) is 0 Å². The summed E-state index contributed by atoms with van der Waals surface area (Å²) in [7, 11) is 0. The Kier molecular flexibility index (Phi) is 4.81. The molecule has 1 unspecified atom stereocenters. The first kappa shape index (κ1) is 12.7. The predicted molar refractivity (Wildman–Crippen MR) is 73.9 cm³/mol. The van der Waals surface area contributed by atoms with Crippen molar-refractivity contribution in [3.63, 3.8) is 0 Å². The molecule has 1 aliphatic carbocycles. The van der Waals surface area contributed by atoms with Crippen molar-refractivity contribution in [2.24, 2.45) is 20.5 Å². The van der Waals surface area contributed by atoms with Gasteiger partial charge in [-0.2, -0.15) is 0 Å². The molecule has 0 spiro atoms. The highest BCUT2D eigenvalue weighted by Gasteiger charge is 2.19. The fourth-order valence-corrected chi connectivity index (χ4v) is 2.21. The van der Waals surface area contributed by atoms with E-state index in [0.717, 1.165) is 38.8 Å². The first-order chi connectivity index (χ1) is 8.90. The lowest BCUT2D eigenvalue weighted by molar-refractivity contribution is 0.196. The SMILES string of the molecule is C=N/N=N\N(CC1=CC=CCC1)C1CC=NCC1. The maximum atomic E-state index is 4.25. The van der Waals surface area contributed by atoms with Crippen LogP contribution in [0.1, 0.15) is 25.7 Å². The Morgan fingerprint density at radius 2 is 2.44 bits per heavy atom. The van der Waals surface area contributed by atoms with Gasteiger partial charge in [-0.15, -0.1) is 5.10 Å². The van der Waals surface area contributed by atoms with Crippen LogP contribution in [-0.4, -0.2) is 37.1 Å². The van der Waals surface area contributed by atoms with Crippen molar-refractivity contribution in [2.75, 3.05) is 13.1 Å². The van der Waals surface area contributed by atoms with E-state index in [1.165, 1.54) is 5.57 Å². The van der Waals surface area contributed by atoms with Crippen LogP contribution in [0.4, 0.5) is 0 Å². The molecule has 1 aliphatic heterocycles. The highest BCUT2D eigenvalue weighted by atomic mass is 15.6. The average Bonchev–Trinajstić information content (AvgIpc) is 2.45. The maximum Gasteiger partial charge on any atom is 0.0594 e. The van der Waals surface area contributed by atoms with Gasteiger partial charge >= 0.3 is 0 Å². The first-order valence-electron chi connectivity index (χ1n) is 6.36. The zero-order valence-electron chi connectivity index (χ0n) is 10.6. The molecule has 2 rings (SSSR count). The minimum atomic E-state index is 0.375. The van der Waals surface area contributed by atoms with Crippen LogP contribution in [0.3, 0.4) is 0 Å². The van der Waals surface area contributed by atoms with Gasteiger partial charge in [0.2, 0.25) is 0 Å². The molecular formula is C13H19N5. The van der Waals surface area contributed by atoms with Crippen molar-refractivity contribution in [1.29, 1.82) is 0 Å². The number of rotatable bonds is 5. The summed E-state index contributed by atoms with van der Waals surface area (Å²) in [6.45, 7) is 5.03. The summed E-state index contributed by atoms with van der Waals surface area (Å²) < 4.78 is 0. The highest BCUT2D eigenvalue weighted by Crippen LogP contribution is 2.19. The van der Waals surface area contributed by atoms with Gasteiger partial charge < -0.3 is 0 Å². The van der Waals surface area contributed by atoms with E-state index in [9.17, 15) is 0 Å². The third-order valence-electron chi connectivity index (χ3n) is 3.20. The van der Waals surface area contributed by atoms with Gasteiger partial charge in [-0.05, 0) is 30.1 Å². The normalized spacial score (nSPS) is 23.1. The summed E-state index contributed by atoms with van der Waals surface area (Å²) in [6, 6.07) is 0.375. The van der Waals surface area contributed by atoms with Crippen LogP contribution >= 0.6 is 0 Å². The van der Waals surface area contributed by atoms with E-state index in [0.29, 0.717) is 6.04 Å². The number of hydrogen-bond donors (Lipinski definition) is 0. The summed E-state index contributed by atoms with van der Waals surface area (Å²) in [5, 5.41) is 13.3. The van der Waals surface area contributed by atoms with E-state index in [4.69, 9.17) is 0 Å². The average molecular weight is 245 g/mol. The molecule has 0 saturated carbocycles. The lowest BCUT2D eigenvalue weighted by atomic mass is 10.0. The molecule has 2 aliphatic rings.